The number of fused-ring (bicyclic) bond motifs is 1. The molecule has 0 spiro atoms. The van der Waals surface area contributed by atoms with E-state index in [-0.39, 0.29) is 0 Å². The first-order valence-electron chi connectivity index (χ1n) is 6.65. The predicted molar refractivity (Wildman–Crippen MR) is 89.5 cm³/mol. The molecule has 2 aromatic rings. The van der Waals surface area contributed by atoms with Crippen LogP contribution in [0.25, 0.3) is 10.9 Å². The molecule has 2 rings (SSSR count). The van der Waals surface area contributed by atoms with Gasteiger partial charge in [-0.15, -0.1) is 0 Å². The lowest BCUT2D eigenvalue weighted by Gasteiger charge is -2.14. The number of hydrogen-bond donors (Lipinski definition) is 1. The molecule has 0 aliphatic heterocycles. The SMILES string of the molecule is CCNc1cc(CC(C)C)nc2c(Cl)cc(Cl)c(Cl)c12. The van der Waals surface area contributed by atoms with Gasteiger partial charge in [0.25, 0.3) is 0 Å². The van der Waals surface area contributed by atoms with Crippen molar-refractivity contribution in [3.63, 3.8) is 0 Å². The van der Waals surface area contributed by atoms with Gasteiger partial charge in [-0.25, -0.2) is 0 Å². The average molecular weight is 332 g/mol. The number of nitrogens with one attached hydrogen (secondary N) is 1. The first-order valence-corrected chi connectivity index (χ1v) is 7.78. The van der Waals surface area contributed by atoms with E-state index in [0.717, 1.165) is 29.7 Å². The number of aromatic nitrogens is 1. The van der Waals surface area contributed by atoms with Gasteiger partial charge in [-0.2, -0.15) is 0 Å². The van der Waals surface area contributed by atoms with Gasteiger partial charge in [-0.05, 0) is 31.4 Å². The fourth-order valence-electron chi connectivity index (χ4n) is 2.21. The summed E-state index contributed by atoms with van der Waals surface area (Å²) in [6, 6.07) is 3.68. The lowest BCUT2D eigenvalue weighted by molar-refractivity contribution is 0.637. The zero-order valence-electron chi connectivity index (χ0n) is 11.7. The van der Waals surface area contributed by atoms with Crippen LogP contribution < -0.4 is 5.32 Å². The highest BCUT2D eigenvalue weighted by Gasteiger charge is 2.15. The summed E-state index contributed by atoms with van der Waals surface area (Å²) in [6.07, 6.45) is 0.894. The summed E-state index contributed by atoms with van der Waals surface area (Å²) < 4.78 is 0. The molecule has 0 saturated heterocycles. The van der Waals surface area contributed by atoms with Crippen LogP contribution in [-0.2, 0) is 6.42 Å². The van der Waals surface area contributed by atoms with Gasteiger partial charge in [0.05, 0.1) is 20.6 Å². The van der Waals surface area contributed by atoms with E-state index < -0.39 is 0 Å². The van der Waals surface area contributed by atoms with Crippen molar-refractivity contribution in [2.75, 3.05) is 11.9 Å². The third kappa shape index (κ3) is 3.13. The van der Waals surface area contributed by atoms with Crippen molar-refractivity contribution in [2.45, 2.75) is 27.2 Å². The van der Waals surface area contributed by atoms with E-state index in [1.165, 1.54) is 0 Å². The molecule has 1 aromatic heterocycles. The highest BCUT2D eigenvalue weighted by Crippen LogP contribution is 2.39. The molecule has 0 fully saturated rings. The van der Waals surface area contributed by atoms with Crippen molar-refractivity contribution in [1.29, 1.82) is 0 Å². The standard InChI is InChI=1S/C15H17Cl3N2/c1-4-19-12-6-9(5-8(2)3)20-15-11(17)7-10(16)14(18)13(12)15/h6-8H,4-5H2,1-3H3,(H,19,20). The van der Waals surface area contributed by atoms with Crippen molar-refractivity contribution >= 4 is 51.4 Å². The van der Waals surface area contributed by atoms with E-state index >= 15 is 0 Å². The Hall–Kier alpha value is -0.700. The Morgan fingerprint density at radius 1 is 1.15 bits per heavy atom. The van der Waals surface area contributed by atoms with Crippen LogP contribution in [0.2, 0.25) is 15.1 Å². The Morgan fingerprint density at radius 3 is 2.45 bits per heavy atom. The van der Waals surface area contributed by atoms with Gasteiger partial charge < -0.3 is 5.32 Å². The summed E-state index contributed by atoms with van der Waals surface area (Å²) in [6.45, 7) is 7.15. The molecule has 0 aliphatic carbocycles. The molecular formula is C15H17Cl3N2. The zero-order chi connectivity index (χ0) is 14.9. The maximum absolute atomic E-state index is 6.33. The van der Waals surface area contributed by atoms with E-state index in [1.807, 2.05) is 13.0 Å². The van der Waals surface area contributed by atoms with E-state index in [2.05, 4.69) is 24.1 Å². The van der Waals surface area contributed by atoms with Gasteiger partial charge in [0.2, 0.25) is 0 Å². The lowest BCUT2D eigenvalue weighted by atomic mass is 10.1. The van der Waals surface area contributed by atoms with Crippen LogP contribution in [0, 0.1) is 5.92 Å². The van der Waals surface area contributed by atoms with Gasteiger partial charge >= 0.3 is 0 Å². The summed E-state index contributed by atoms with van der Waals surface area (Å²) in [5, 5.41) is 5.57. The largest absolute Gasteiger partial charge is 0.385 e. The number of rotatable bonds is 4. The van der Waals surface area contributed by atoms with E-state index in [4.69, 9.17) is 34.8 Å². The first kappa shape index (κ1) is 15.7. The van der Waals surface area contributed by atoms with Crippen LogP contribution in [-0.4, -0.2) is 11.5 Å². The minimum absolute atomic E-state index is 0.446. The minimum Gasteiger partial charge on any atom is -0.385 e. The quantitative estimate of drug-likeness (QED) is 0.713. The molecule has 0 unspecified atom stereocenters. The molecule has 0 amide bonds. The molecule has 1 aromatic carbocycles. The van der Waals surface area contributed by atoms with Crippen molar-refractivity contribution < 1.29 is 0 Å². The Kier molecular flexibility index (Phi) is 5.00. The Balaban J connectivity index is 2.74. The average Bonchev–Trinajstić information content (AvgIpc) is 2.35. The third-order valence-corrected chi connectivity index (χ3v) is 4.04. The van der Waals surface area contributed by atoms with Gasteiger partial charge in [0.1, 0.15) is 0 Å². The van der Waals surface area contributed by atoms with Crippen molar-refractivity contribution in [1.82, 2.24) is 4.98 Å². The molecule has 1 N–H and O–H groups in total. The minimum atomic E-state index is 0.446. The third-order valence-electron chi connectivity index (χ3n) is 2.97. The second-order valence-corrected chi connectivity index (χ2v) is 6.36. The zero-order valence-corrected chi connectivity index (χ0v) is 14.0. The fourth-order valence-corrected chi connectivity index (χ4v) is 2.96. The van der Waals surface area contributed by atoms with Crippen LogP contribution in [0.1, 0.15) is 26.5 Å². The van der Waals surface area contributed by atoms with E-state index in [1.54, 1.807) is 6.07 Å². The smallest absolute Gasteiger partial charge is 0.0928 e. The maximum atomic E-state index is 6.33. The number of pyridine rings is 1. The van der Waals surface area contributed by atoms with Crippen molar-refractivity contribution in [3.8, 4) is 0 Å². The molecular weight excluding hydrogens is 315 g/mol. The van der Waals surface area contributed by atoms with Crippen LogP contribution in [0.4, 0.5) is 5.69 Å². The number of anilines is 1. The fraction of sp³-hybridized carbons (Fsp3) is 0.400. The molecule has 1 heterocycles. The second kappa shape index (κ2) is 6.38. The highest BCUT2D eigenvalue weighted by atomic mass is 35.5. The topological polar surface area (TPSA) is 24.9 Å². The Labute approximate surface area is 134 Å². The maximum Gasteiger partial charge on any atom is 0.0928 e. The summed E-state index contributed by atoms with van der Waals surface area (Å²) >= 11 is 18.7. The van der Waals surface area contributed by atoms with Crippen molar-refractivity contribution in [2.24, 2.45) is 5.92 Å². The van der Waals surface area contributed by atoms with Crippen molar-refractivity contribution in [3.05, 3.63) is 32.9 Å². The van der Waals surface area contributed by atoms with Gasteiger partial charge in [-0.1, -0.05) is 48.7 Å². The first-order chi connectivity index (χ1) is 9.43. The molecule has 0 bridgehead atoms. The predicted octanol–water partition coefficient (Wildman–Crippen LogP) is 5.83. The monoisotopic (exact) mass is 330 g/mol. The van der Waals surface area contributed by atoms with E-state index in [0.29, 0.717) is 26.5 Å². The molecule has 5 heteroatoms. The molecule has 0 radical (unpaired) electrons. The molecule has 0 saturated carbocycles. The summed E-state index contributed by atoms with van der Waals surface area (Å²) in [5.74, 6) is 0.524. The van der Waals surface area contributed by atoms with Crippen LogP contribution in [0.5, 0.6) is 0 Å². The normalized spacial score (nSPS) is 11.3. The molecule has 20 heavy (non-hydrogen) atoms. The van der Waals surface area contributed by atoms with Gasteiger partial charge in [0, 0.05) is 23.3 Å². The number of hydrogen-bond acceptors (Lipinski definition) is 2. The van der Waals surface area contributed by atoms with Crippen LogP contribution in [0.15, 0.2) is 12.1 Å². The molecule has 0 aliphatic rings. The van der Waals surface area contributed by atoms with Gasteiger partial charge in [-0.3, -0.25) is 4.98 Å². The van der Waals surface area contributed by atoms with E-state index in [9.17, 15) is 0 Å². The lowest BCUT2D eigenvalue weighted by Crippen LogP contribution is -2.03. The number of halogens is 3. The summed E-state index contributed by atoms with van der Waals surface area (Å²) in [4.78, 5) is 4.64. The summed E-state index contributed by atoms with van der Waals surface area (Å²) in [5.41, 5.74) is 2.64. The summed E-state index contributed by atoms with van der Waals surface area (Å²) in [7, 11) is 0. The molecule has 108 valence electrons. The Bertz CT molecular complexity index is 639. The molecule has 0 atom stereocenters. The van der Waals surface area contributed by atoms with Crippen LogP contribution in [0.3, 0.4) is 0 Å². The second-order valence-electron chi connectivity index (χ2n) is 5.17. The Morgan fingerprint density at radius 2 is 1.85 bits per heavy atom. The number of nitrogens with zero attached hydrogens (tertiary/aromatic N) is 1. The van der Waals surface area contributed by atoms with Gasteiger partial charge in [0.15, 0.2) is 0 Å². The molecule has 2 nitrogen and oxygen atoms in total. The highest BCUT2D eigenvalue weighted by molar-refractivity contribution is 6.48. The van der Waals surface area contributed by atoms with Crippen LogP contribution >= 0.6 is 34.8 Å². The number of benzene rings is 1.